The number of nitrogens with zero attached hydrogens (tertiary/aromatic N) is 3. The number of hydrogen-bond donors (Lipinski definition) is 4. The molecule has 196 valence electrons. The SMILES string of the molecule is CC(=O)N[C@@H](Cc1ccccc1)C(=O)N[C@H]1CCc2cccc3c2N(C1=O)[C@H](C(=O)NCc1c[nH]nn1)C3. The number of para-hydroxylation sites is 1. The molecule has 0 saturated carbocycles. The van der Waals surface area contributed by atoms with Gasteiger partial charge in [-0.15, -0.1) is 5.10 Å². The summed E-state index contributed by atoms with van der Waals surface area (Å²) in [6.07, 6.45) is 3.19. The van der Waals surface area contributed by atoms with Crippen molar-refractivity contribution in [1.29, 1.82) is 0 Å². The van der Waals surface area contributed by atoms with Gasteiger partial charge in [-0.3, -0.25) is 29.2 Å². The quantitative estimate of drug-likeness (QED) is 0.344. The van der Waals surface area contributed by atoms with E-state index in [4.69, 9.17) is 0 Å². The van der Waals surface area contributed by atoms with Gasteiger partial charge in [0.25, 0.3) is 0 Å². The molecule has 0 aliphatic carbocycles. The predicted octanol–water partition coefficient (Wildman–Crippen LogP) is 0.557. The maximum Gasteiger partial charge on any atom is 0.250 e. The highest BCUT2D eigenvalue weighted by molar-refractivity contribution is 6.08. The van der Waals surface area contributed by atoms with Crippen LogP contribution in [0.1, 0.15) is 35.7 Å². The van der Waals surface area contributed by atoms with Crippen LogP contribution in [0.25, 0.3) is 0 Å². The first kappa shape index (κ1) is 25.1. The summed E-state index contributed by atoms with van der Waals surface area (Å²) in [4.78, 5) is 53.8. The van der Waals surface area contributed by atoms with Crippen molar-refractivity contribution in [3.63, 3.8) is 0 Å². The van der Waals surface area contributed by atoms with Crippen molar-refractivity contribution in [3.05, 3.63) is 77.1 Å². The summed E-state index contributed by atoms with van der Waals surface area (Å²) in [6.45, 7) is 1.53. The highest BCUT2D eigenvalue weighted by atomic mass is 16.2. The Morgan fingerprint density at radius 1 is 1.11 bits per heavy atom. The Hall–Kier alpha value is -4.54. The molecule has 11 heteroatoms. The van der Waals surface area contributed by atoms with E-state index in [0.717, 1.165) is 22.4 Å². The lowest BCUT2D eigenvalue weighted by atomic mass is 10.0. The number of aromatic amines is 1. The first-order valence-corrected chi connectivity index (χ1v) is 12.6. The van der Waals surface area contributed by atoms with Crippen molar-refractivity contribution in [2.45, 2.75) is 57.3 Å². The number of carbonyl (C=O) groups excluding carboxylic acids is 4. The van der Waals surface area contributed by atoms with E-state index in [0.29, 0.717) is 25.0 Å². The molecule has 2 aromatic carbocycles. The Morgan fingerprint density at radius 2 is 1.89 bits per heavy atom. The number of aromatic nitrogens is 3. The number of carbonyl (C=O) groups is 4. The molecule has 0 saturated heterocycles. The Morgan fingerprint density at radius 3 is 2.63 bits per heavy atom. The van der Waals surface area contributed by atoms with Crippen LogP contribution in [0, 0.1) is 0 Å². The molecule has 2 aliphatic heterocycles. The van der Waals surface area contributed by atoms with Crippen LogP contribution < -0.4 is 20.9 Å². The third-order valence-corrected chi connectivity index (χ3v) is 6.91. The lowest BCUT2D eigenvalue weighted by Crippen LogP contribution is -2.57. The average molecular weight is 516 g/mol. The van der Waals surface area contributed by atoms with Gasteiger partial charge >= 0.3 is 0 Å². The number of aryl methyl sites for hydroxylation is 1. The number of H-pyrrole nitrogens is 1. The fourth-order valence-corrected chi connectivity index (χ4v) is 5.16. The molecule has 0 radical (unpaired) electrons. The van der Waals surface area contributed by atoms with Crippen LogP contribution in [0.3, 0.4) is 0 Å². The molecule has 0 fully saturated rings. The van der Waals surface area contributed by atoms with Gasteiger partial charge < -0.3 is 16.0 Å². The molecule has 3 atom stereocenters. The van der Waals surface area contributed by atoms with Crippen molar-refractivity contribution >= 4 is 29.3 Å². The standard InChI is InChI=1S/C27H29N7O4/c1-16(35)30-22(12-17-6-3-2-4-7-17)25(36)31-21-11-10-18-8-5-9-19-13-23(34(24(18)19)27(21)38)26(37)28-14-20-15-29-33-32-20/h2-9,15,21-23H,10-14H2,1H3,(H,28,37)(H,30,35)(H,31,36)(H,29,32,33)/t21-,22-,23-/m0/s1. The van der Waals surface area contributed by atoms with Gasteiger partial charge in [0.05, 0.1) is 12.2 Å². The van der Waals surface area contributed by atoms with Crippen LogP contribution in [-0.2, 0) is 45.0 Å². The van der Waals surface area contributed by atoms with Crippen molar-refractivity contribution in [2.24, 2.45) is 0 Å². The minimum absolute atomic E-state index is 0.176. The molecule has 3 heterocycles. The smallest absolute Gasteiger partial charge is 0.250 e. The minimum atomic E-state index is -0.848. The number of benzene rings is 2. The molecule has 3 aromatic rings. The lowest BCUT2D eigenvalue weighted by molar-refractivity contribution is -0.131. The largest absolute Gasteiger partial charge is 0.348 e. The summed E-state index contributed by atoms with van der Waals surface area (Å²) in [5.74, 6) is -1.44. The second-order valence-electron chi connectivity index (χ2n) is 9.58. The number of amides is 4. The first-order valence-electron chi connectivity index (χ1n) is 12.6. The Kier molecular flexibility index (Phi) is 7.16. The second-order valence-corrected chi connectivity index (χ2v) is 9.58. The summed E-state index contributed by atoms with van der Waals surface area (Å²) in [5, 5.41) is 18.6. The van der Waals surface area contributed by atoms with E-state index in [1.165, 1.54) is 11.8 Å². The van der Waals surface area contributed by atoms with Gasteiger partial charge in [-0.05, 0) is 29.5 Å². The van der Waals surface area contributed by atoms with Crippen LogP contribution in [-0.4, -0.2) is 57.2 Å². The maximum atomic E-state index is 13.9. The molecular formula is C27H29N7O4. The van der Waals surface area contributed by atoms with Gasteiger partial charge in [-0.2, -0.15) is 0 Å². The van der Waals surface area contributed by atoms with Crippen LogP contribution in [0.5, 0.6) is 0 Å². The van der Waals surface area contributed by atoms with Crippen LogP contribution in [0.15, 0.2) is 54.7 Å². The molecule has 38 heavy (non-hydrogen) atoms. The maximum absolute atomic E-state index is 13.9. The lowest BCUT2D eigenvalue weighted by Gasteiger charge is -2.28. The zero-order chi connectivity index (χ0) is 26.6. The monoisotopic (exact) mass is 515 g/mol. The zero-order valence-corrected chi connectivity index (χ0v) is 20.9. The Balaban J connectivity index is 1.36. The van der Waals surface area contributed by atoms with Gasteiger partial charge in [0.2, 0.25) is 23.6 Å². The molecule has 1 aromatic heterocycles. The number of rotatable bonds is 8. The third-order valence-electron chi connectivity index (χ3n) is 6.91. The minimum Gasteiger partial charge on any atom is -0.348 e. The second kappa shape index (κ2) is 10.8. The van der Waals surface area contributed by atoms with Crippen LogP contribution in [0.2, 0.25) is 0 Å². The molecule has 4 N–H and O–H groups in total. The summed E-state index contributed by atoms with van der Waals surface area (Å²) in [6, 6.07) is 12.7. The highest BCUT2D eigenvalue weighted by Crippen LogP contribution is 2.39. The van der Waals surface area contributed by atoms with Gasteiger partial charge in [0.15, 0.2) is 0 Å². The van der Waals surface area contributed by atoms with Gasteiger partial charge in [-0.1, -0.05) is 53.7 Å². The zero-order valence-electron chi connectivity index (χ0n) is 20.9. The number of anilines is 1. The molecule has 0 unspecified atom stereocenters. The third kappa shape index (κ3) is 5.26. The van der Waals surface area contributed by atoms with E-state index in [9.17, 15) is 19.2 Å². The number of hydrogen-bond acceptors (Lipinski definition) is 6. The van der Waals surface area contributed by atoms with Crippen molar-refractivity contribution in [1.82, 2.24) is 31.4 Å². The Labute approximate surface area is 219 Å². The van der Waals surface area contributed by atoms with E-state index in [1.807, 2.05) is 48.5 Å². The predicted molar refractivity (Wildman–Crippen MR) is 138 cm³/mol. The fourth-order valence-electron chi connectivity index (χ4n) is 5.16. The average Bonchev–Trinajstić information content (AvgIpc) is 3.54. The van der Waals surface area contributed by atoms with E-state index in [2.05, 4.69) is 31.4 Å². The van der Waals surface area contributed by atoms with E-state index >= 15 is 0 Å². The Bertz CT molecular complexity index is 1340. The molecule has 0 bridgehead atoms. The van der Waals surface area contributed by atoms with Crippen molar-refractivity contribution in [3.8, 4) is 0 Å². The van der Waals surface area contributed by atoms with Gasteiger partial charge in [0.1, 0.15) is 23.8 Å². The molecule has 4 amide bonds. The van der Waals surface area contributed by atoms with Crippen LogP contribution in [0.4, 0.5) is 5.69 Å². The number of nitrogens with one attached hydrogen (secondary N) is 4. The fraction of sp³-hybridized carbons (Fsp3) is 0.333. The molecular weight excluding hydrogens is 486 g/mol. The summed E-state index contributed by atoms with van der Waals surface area (Å²) in [7, 11) is 0. The topological polar surface area (TPSA) is 149 Å². The summed E-state index contributed by atoms with van der Waals surface area (Å²) in [5.41, 5.74) is 4.09. The van der Waals surface area contributed by atoms with Crippen LogP contribution >= 0.6 is 0 Å². The van der Waals surface area contributed by atoms with E-state index in [-0.39, 0.29) is 30.7 Å². The molecule has 5 rings (SSSR count). The van der Waals surface area contributed by atoms with E-state index in [1.54, 1.807) is 6.20 Å². The normalized spacial score (nSPS) is 18.8. The summed E-state index contributed by atoms with van der Waals surface area (Å²) >= 11 is 0. The summed E-state index contributed by atoms with van der Waals surface area (Å²) < 4.78 is 0. The molecule has 11 nitrogen and oxygen atoms in total. The molecule has 2 aliphatic rings. The first-order chi connectivity index (χ1) is 18.4. The van der Waals surface area contributed by atoms with E-state index < -0.39 is 24.0 Å². The highest BCUT2D eigenvalue weighted by Gasteiger charge is 2.44. The van der Waals surface area contributed by atoms with Crippen molar-refractivity contribution in [2.75, 3.05) is 4.90 Å². The van der Waals surface area contributed by atoms with Crippen molar-refractivity contribution < 1.29 is 19.2 Å². The van der Waals surface area contributed by atoms with Gasteiger partial charge in [-0.25, -0.2) is 0 Å². The molecule has 0 spiro atoms. The van der Waals surface area contributed by atoms with Gasteiger partial charge in [0, 0.05) is 26.0 Å².